The topological polar surface area (TPSA) is 28.2 Å². The van der Waals surface area contributed by atoms with Crippen LogP contribution in [0.5, 0.6) is 0 Å². The van der Waals surface area contributed by atoms with Crippen LogP contribution in [0, 0.1) is 0 Å². The van der Waals surface area contributed by atoms with E-state index in [1.165, 1.54) is 10.7 Å². The predicted octanol–water partition coefficient (Wildman–Crippen LogP) is 2.91. The fourth-order valence-electron chi connectivity index (χ4n) is 1.87. The minimum atomic E-state index is 0.172. The van der Waals surface area contributed by atoms with Crippen molar-refractivity contribution >= 4 is 11.3 Å². The molecule has 0 saturated carbocycles. The Hall–Kier alpha value is -0.450. The van der Waals surface area contributed by atoms with Crippen LogP contribution in [-0.2, 0) is 11.8 Å². The summed E-state index contributed by atoms with van der Waals surface area (Å²) in [5.41, 5.74) is 1.39. The van der Waals surface area contributed by atoms with Crippen LogP contribution in [0.2, 0.25) is 0 Å². The first-order valence-electron chi connectivity index (χ1n) is 7.35. The van der Waals surface area contributed by atoms with Gasteiger partial charge in [0.2, 0.25) is 0 Å². The molecule has 0 fully saturated rings. The summed E-state index contributed by atoms with van der Waals surface area (Å²) in [5.74, 6) is 0. The van der Waals surface area contributed by atoms with Gasteiger partial charge in [0.15, 0.2) is 0 Å². The minimum Gasteiger partial charge on any atom is -0.315 e. The Balaban J connectivity index is 2.21. The van der Waals surface area contributed by atoms with E-state index in [2.05, 4.69) is 50.2 Å². The first kappa shape index (κ1) is 16.6. The van der Waals surface area contributed by atoms with Gasteiger partial charge in [0.25, 0.3) is 0 Å². The third-order valence-electron chi connectivity index (χ3n) is 3.34. The third-order valence-corrected chi connectivity index (χ3v) is 4.24. The molecule has 1 N–H and O–H groups in total. The van der Waals surface area contributed by atoms with Crippen molar-refractivity contribution in [3.05, 3.63) is 16.1 Å². The zero-order chi connectivity index (χ0) is 14.3. The molecular weight excluding hydrogens is 254 g/mol. The number of aromatic nitrogens is 1. The second kappa shape index (κ2) is 7.98. The van der Waals surface area contributed by atoms with Crippen LogP contribution < -0.4 is 5.32 Å². The lowest BCUT2D eigenvalue weighted by Gasteiger charge is -2.17. The Kier molecular flexibility index (Phi) is 6.97. The molecule has 1 aromatic heterocycles. The largest absolute Gasteiger partial charge is 0.315 e. The SMILES string of the molecule is CCN(CC)CCNCCc1nc(C(C)(C)C)cs1. The zero-order valence-corrected chi connectivity index (χ0v) is 13.9. The summed E-state index contributed by atoms with van der Waals surface area (Å²) in [4.78, 5) is 7.15. The number of hydrogen-bond donors (Lipinski definition) is 1. The van der Waals surface area contributed by atoms with Gasteiger partial charge in [0.1, 0.15) is 0 Å². The summed E-state index contributed by atoms with van der Waals surface area (Å²) >= 11 is 1.79. The molecule has 0 radical (unpaired) electrons. The lowest BCUT2D eigenvalue weighted by molar-refractivity contribution is 0.303. The first-order valence-corrected chi connectivity index (χ1v) is 8.23. The average Bonchev–Trinajstić information content (AvgIpc) is 2.82. The molecule has 1 rings (SSSR count). The normalized spacial score (nSPS) is 12.3. The standard InChI is InChI=1S/C15H29N3S/c1-6-18(7-2)11-10-16-9-8-14-17-13(12-19-14)15(3,4)5/h12,16H,6-11H2,1-5H3. The Morgan fingerprint density at radius 3 is 2.42 bits per heavy atom. The van der Waals surface area contributed by atoms with Crippen LogP contribution in [-0.4, -0.2) is 42.6 Å². The third kappa shape index (κ3) is 6.02. The predicted molar refractivity (Wildman–Crippen MR) is 85.2 cm³/mol. The molecule has 1 aromatic rings. The lowest BCUT2D eigenvalue weighted by Crippen LogP contribution is -2.32. The Labute approximate surface area is 122 Å². The number of nitrogens with zero attached hydrogens (tertiary/aromatic N) is 2. The molecule has 1 heterocycles. The van der Waals surface area contributed by atoms with E-state index in [4.69, 9.17) is 4.98 Å². The van der Waals surface area contributed by atoms with Crippen molar-refractivity contribution in [1.82, 2.24) is 15.2 Å². The highest BCUT2D eigenvalue weighted by atomic mass is 32.1. The van der Waals surface area contributed by atoms with Crippen molar-refractivity contribution in [2.45, 2.75) is 46.5 Å². The Morgan fingerprint density at radius 2 is 1.89 bits per heavy atom. The van der Waals surface area contributed by atoms with Crippen molar-refractivity contribution in [2.24, 2.45) is 0 Å². The van der Waals surface area contributed by atoms with E-state index in [0.29, 0.717) is 0 Å². The van der Waals surface area contributed by atoms with E-state index in [9.17, 15) is 0 Å². The summed E-state index contributed by atoms with van der Waals surface area (Å²) < 4.78 is 0. The smallest absolute Gasteiger partial charge is 0.0941 e. The number of nitrogens with one attached hydrogen (secondary N) is 1. The van der Waals surface area contributed by atoms with E-state index in [-0.39, 0.29) is 5.41 Å². The molecule has 110 valence electrons. The molecule has 0 aliphatic rings. The van der Waals surface area contributed by atoms with Gasteiger partial charge in [0.05, 0.1) is 10.7 Å². The maximum Gasteiger partial charge on any atom is 0.0941 e. The molecule has 3 nitrogen and oxygen atoms in total. The summed E-state index contributed by atoms with van der Waals surface area (Å²) in [6, 6.07) is 0. The van der Waals surface area contributed by atoms with Crippen molar-refractivity contribution < 1.29 is 0 Å². The molecule has 4 heteroatoms. The van der Waals surface area contributed by atoms with Crippen molar-refractivity contribution in [3.8, 4) is 0 Å². The van der Waals surface area contributed by atoms with Gasteiger partial charge in [-0.2, -0.15) is 0 Å². The number of thiazole rings is 1. The van der Waals surface area contributed by atoms with Crippen LogP contribution in [0.1, 0.15) is 45.3 Å². The molecule has 0 unspecified atom stereocenters. The quantitative estimate of drug-likeness (QED) is 0.744. The molecule has 0 aliphatic heterocycles. The fraction of sp³-hybridized carbons (Fsp3) is 0.800. The second-order valence-electron chi connectivity index (χ2n) is 5.90. The number of rotatable bonds is 8. The van der Waals surface area contributed by atoms with Crippen molar-refractivity contribution in [2.75, 3.05) is 32.7 Å². The molecule has 0 aromatic carbocycles. The highest BCUT2D eigenvalue weighted by Gasteiger charge is 2.16. The summed E-state index contributed by atoms with van der Waals surface area (Å²) in [6.07, 6.45) is 1.04. The van der Waals surface area contributed by atoms with Gasteiger partial charge in [-0.25, -0.2) is 4.98 Å². The van der Waals surface area contributed by atoms with Crippen LogP contribution in [0.4, 0.5) is 0 Å². The monoisotopic (exact) mass is 283 g/mol. The molecular formula is C15H29N3S. The first-order chi connectivity index (χ1) is 8.97. The average molecular weight is 283 g/mol. The Morgan fingerprint density at radius 1 is 1.21 bits per heavy atom. The van der Waals surface area contributed by atoms with Gasteiger partial charge < -0.3 is 10.2 Å². The number of likely N-dealkylation sites (N-methyl/N-ethyl adjacent to an activating group) is 1. The van der Waals surface area contributed by atoms with E-state index in [0.717, 1.165) is 39.1 Å². The summed E-state index contributed by atoms with van der Waals surface area (Å²) in [6.45, 7) is 16.6. The van der Waals surface area contributed by atoms with E-state index in [1.54, 1.807) is 11.3 Å². The lowest BCUT2D eigenvalue weighted by atomic mass is 9.93. The maximum absolute atomic E-state index is 4.71. The van der Waals surface area contributed by atoms with Gasteiger partial charge in [-0.1, -0.05) is 34.6 Å². The maximum atomic E-state index is 4.71. The van der Waals surface area contributed by atoms with Gasteiger partial charge in [-0.15, -0.1) is 11.3 Å². The van der Waals surface area contributed by atoms with Gasteiger partial charge in [-0.3, -0.25) is 0 Å². The van der Waals surface area contributed by atoms with E-state index < -0.39 is 0 Å². The summed E-state index contributed by atoms with van der Waals surface area (Å²) in [5, 5.41) is 6.96. The van der Waals surface area contributed by atoms with Crippen LogP contribution >= 0.6 is 11.3 Å². The van der Waals surface area contributed by atoms with Crippen molar-refractivity contribution in [1.29, 1.82) is 0 Å². The van der Waals surface area contributed by atoms with E-state index in [1.807, 2.05) is 0 Å². The van der Waals surface area contributed by atoms with Crippen LogP contribution in [0.3, 0.4) is 0 Å². The van der Waals surface area contributed by atoms with Gasteiger partial charge in [-0.05, 0) is 13.1 Å². The fourth-order valence-corrected chi connectivity index (χ4v) is 2.89. The van der Waals surface area contributed by atoms with Crippen LogP contribution in [0.15, 0.2) is 5.38 Å². The molecule has 19 heavy (non-hydrogen) atoms. The Bertz CT molecular complexity index is 351. The van der Waals surface area contributed by atoms with Gasteiger partial charge >= 0.3 is 0 Å². The highest BCUT2D eigenvalue weighted by Crippen LogP contribution is 2.23. The minimum absolute atomic E-state index is 0.172. The van der Waals surface area contributed by atoms with E-state index >= 15 is 0 Å². The molecule has 0 amide bonds. The zero-order valence-electron chi connectivity index (χ0n) is 13.1. The highest BCUT2D eigenvalue weighted by molar-refractivity contribution is 7.09. The summed E-state index contributed by atoms with van der Waals surface area (Å²) in [7, 11) is 0. The molecule has 0 saturated heterocycles. The molecule has 0 atom stereocenters. The number of hydrogen-bond acceptors (Lipinski definition) is 4. The van der Waals surface area contributed by atoms with Crippen LogP contribution in [0.25, 0.3) is 0 Å². The molecule has 0 bridgehead atoms. The van der Waals surface area contributed by atoms with Crippen molar-refractivity contribution in [3.63, 3.8) is 0 Å². The molecule has 0 spiro atoms. The molecule has 0 aliphatic carbocycles. The second-order valence-corrected chi connectivity index (χ2v) is 6.85. The van der Waals surface area contributed by atoms with Gasteiger partial charge in [0, 0.05) is 36.9 Å².